The van der Waals surface area contributed by atoms with Gasteiger partial charge in [-0.2, -0.15) is 0 Å². The van der Waals surface area contributed by atoms with Crippen LogP contribution in [0, 0.1) is 5.82 Å². The molecule has 1 aliphatic rings. The molecule has 3 aromatic rings. The van der Waals surface area contributed by atoms with E-state index in [4.69, 9.17) is 17.0 Å². The van der Waals surface area contributed by atoms with Crippen molar-refractivity contribution >= 4 is 23.1 Å². The summed E-state index contributed by atoms with van der Waals surface area (Å²) in [5.74, 6) is -0.142. The second-order valence-corrected chi connectivity index (χ2v) is 7.66. The first-order valence-corrected chi connectivity index (χ1v) is 10.2. The first-order valence-electron chi connectivity index (χ1n) is 9.80. The minimum Gasteiger partial charge on any atom is -0.508 e. The van der Waals surface area contributed by atoms with Crippen LogP contribution in [0.1, 0.15) is 36.1 Å². The van der Waals surface area contributed by atoms with Crippen LogP contribution in [0.25, 0.3) is 0 Å². The van der Waals surface area contributed by atoms with Crippen molar-refractivity contribution in [3.05, 3.63) is 95.8 Å². The number of hydrogen-bond acceptors (Lipinski definition) is 4. The molecule has 0 aliphatic carbocycles. The van der Waals surface area contributed by atoms with Crippen LogP contribution in [0.3, 0.4) is 0 Å². The maximum atomic E-state index is 13.2. The number of benzene rings is 3. The molecular weight excluding hydrogens is 401 g/mol. The number of phenolic OH excluding ortho intramolecular Hbond substituents is 1. The summed E-state index contributed by atoms with van der Waals surface area (Å²) in [7, 11) is 0. The first kappa shape index (κ1) is 20.3. The number of aliphatic hydroxyl groups is 1. The van der Waals surface area contributed by atoms with Crippen molar-refractivity contribution in [3.63, 3.8) is 0 Å². The number of halogens is 1. The Morgan fingerprint density at radius 2 is 1.63 bits per heavy atom. The van der Waals surface area contributed by atoms with Gasteiger partial charge in [0.05, 0.1) is 12.1 Å². The van der Waals surface area contributed by atoms with E-state index in [-0.39, 0.29) is 23.7 Å². The largest absolute Gasteiger partial charge is 0.508 e. The van der Waals surface area contributed by atoms with Crippen molar-refractivity contribution in [2.24, 2.45) is 0 Å². The zero-order valence-corrected chi connectivity index (χ0v) is 17.0. The molecular formula is C24H22FNO3S. The molecule has 1 saturated heterocycles. The third kappa shape index (κ3) is 4.30. The highest BCUT2D eigenvalue weighted by Gasteiger charge is 2.41. The molecule has 0 amide bonds. The minimum atomic E-state index is -0.728. The molecule has 4 rings (SSSR count). The molecule has 0 aromatic heterocycles. The highest BCUT2D eigenvalue weighted by Crippen LogP contribution is 2.40. The maximum Gasteiger partial charge on any atom is 0.264 e. The van der Waals surface area contributed by atoms with Crippen LogP contribution in [0.15, 0.2) is 78.9 Å². The Balaban J connectivity index is 1.58. The van der Waals surface area contributed by atoms with Crippen LogP contribution >= 0.6 is 12.2 Å². The number of ether oxygens (including phenoxy) is 1. The quantitative estimate of drug-likeness (QED) is 0.529. The predicted octanol–water partition coefficient (Wildman–Crippen LogP) is 5.28. The van der Waals surface area contributed by atoms with E-state index in [1.807, 2.05) is 47.4 Å². The zero-order valence-electron chi connectivity index (χ0n) is 16.2. The number of rotatable bonds is 6. The molecule has 1 unspecified atom stereocenters. The number of para-hydroxylation sites is 1. The summed E-state index contributed by atoms with van der Waals surface area (Å²) >= 11 is 5.54. The van der Waals surface area contributed by atoms with Crippen molar-refractivity contribution in [2.45, 2.75) is 31.1 Å². The van der Waals surface area contributed by atoms with Crippen LogP contribution in [0.4, 0.5) is 10.1 Å². The highest BCUT2D eigenvalue weighted by molar-refractivity contribution is 7.80. The zero-order chi connectivity index (χ0) is 21.1. The summed E-state index contributed by atoms with van der Waals surface area (Å²) < 4.78 is 19.2. The summed E-state index contributed by atoms with van der Waals surface area (Å²) in [6, 6.07) is 22.4. The Bertz CT molecular complexity index is 995. The summed E-state index contributed by atoms with van der Waals surface area (Å²) in [6.07, 6.45) is -0.0182. The van der Waals surface area contributed by atoms with E-state index in [1.165, 1.54) is 12.1 Å². The average molecular weight is 424 g/mol. The number of hydrogen-bond donors (Lipinski definition) is 2. The molecule has 0 saturated carbocycles. The lowest BCUT2D eigenvalue weighted by atomic mass is 9.94. The molecule has 154 valence electrons. The van der Waals surface area contributed by atoms with Gasteiger partial charge in [0.15, 0.2) is 0 Å². The van der Waals surface area contributed by atoms with E-state index >= 15 is 0 Å². The van der Waals surface area contributed by atoms with Crippen LogP contribution in [0.5, 0.6) is 5.75 Å². The SMILES string of the molecule is Oc1ccc([C@@H]2[C@@H](CCC(O)c3ccc(F)cc3)OC(=S)N2c2ccccc2)cc1. The Morgan fingerprint density at radius 3 is 2.30 bits per heavy atom. The van der Waals surface area contributed by atoms with Gasteiger partial charge < -0.3 is 14.9 Å². The van der Waals surface area contributed by atoms with Gasteiger partial charge in [-0.15, -0.1) is 0 Å². The van der Waals surface area contributed by atoms with Crippen LogP contribution < -0.4 is 4.90 Å². The van der Waals surface area contributed by atoms with Crippen LogP contribution in [-0.2, 0) is 4.74 Å². The van der Waals surface area contributed by atoms with Crippen molar-refractivity contribution in [2.75, 3.05) is 4.90 Å². The Hall–Kier alpha value is -2.96. The Kier molecular flexibility index (Phi) is 5.97. The fourth-order valence-electron chi connectivity index (χ4n) is 3.81. The number of phenols is 1. The number of aliphatic hydroxyl groups excluding tert-OH is 1. The molecule has 0 spiro atoms. The van der Waals surface area contributed by atoms with Gasteiger partial charge in [0, 0.05) is 5.69 Å². The van der Waals surface area contributed by atoms with Gasteiger partial charge in [0.25, 0.3) is 5.17 Å². The fraction of sp³-hybridized carbons (Fsp3) is 0.208. The van der Waals surface area contributed by atoms with Gasteiger partial charge >= 0.3 is 0 Å². The third-order valence-corrected chi connectivity index (χ3v) is 5.62. The molecule has 4 nitrogen and oxygen atoms in total. The molecule has 1 aliphatic heterocycles. The molecule has 0 radical (unpaired) electrons. The monoisotopic (exact) mass is 423 g/mol. The Morgan fingerprint density at radius 1 is 0.967 bits per heavy atom. The summed E-state index contributed by atoms with van der Waals surface area (Å²) in [5, 5.41) is 20.6. The minimum absolute atomic E-state index is 0.190. The van der Waals surface area contributed by atoms with E-state index in [1.54, 1.807) is 24.3 Å². The normalized spacial score (nSPS) is 19.5. The van der Waals surface area contributed by atoms with Gasteiger partial charge in [-0.05, 0) is 72.6 Å². The second-order valence-electron chi connectivity index (χ2n) is 7.31. The molecule has 2 N–H and O–H groups in total. The topological polar surface area (TPSA) is 52.9 Å². The molecule has 3 aromatic carbocycles. The number of thiocarbonyl (C=S) groups is 1. The van der Waals surface area contributed by atoms with Crippen molar-refractivity contribution in [1.82, 2.24) is 0 Å². The average Bonchev–Trinajstić information content (AvgIpc) is 3.09. The summed E-state index contributed by atoms with van der Waals surface area (Å²) in [4.78, 5) is 1.97. The van der Waals surface area contributed by atoms with Gasteiger partial charge in [-0.3, -0.25) is 4.90 Å². The van der Waals surface area contributed by atoms with Gasteiger partial charge in [-0.1, -0.05) is 42.5 Å². The third-order valence-electron chi connectivity index (χ3n) is 5.33. The Labute approximate surface area is 180 Å². The molecule has 3 atom stereocenters. The summed E-state index contributed by atoms with van der Waals surface area (Å²) in [6.45, 7) is 0. The van der Waals surface area contributed by atoms with Gasteiger partial charge in [-0.25, -0.2) is 4.39 Å². The standard InChI is InChI=1S/C24H22FNO3S/c25-18-10-6-16(7-11-18)21(28)14-15-22-23(17-8-12-20(27)13-9-17)26(24(30)29-22)19-4-2-1-3-5-19/h1-13,21-23,27-28H,14-15H2/t21?,22-,23-/m1/s1. The van der Waals surface area contributed by atoms with Crippen LogP contribution in [0.2, 0.25) is 0 Å². The fourth-order valence-corrected chi connectivity index (χ4v) is 4.15. The van der Waals surface area contributed by atoms with Gasteiger partial charge in [0.2, 0.25) is 0 Å². The molecule has 6 heteroatoms. The lowest BCUT2D eigenvalue weighted by Gasteiger charge is -2.26. The first-order chi connectivity index (χ1) is 14.5. The molecule has 30 heavy (non-hydrogen) atoms. The molecule has 1 fully saturated rings. The van der Waals surface area contributed by atoms with E-state index in [2.05, 4.69) is 0 Å². The maximum absolute atomic E-state index is 13.2. The number of nitrogens with zero attached hydrogens (tertiary/aromatic N) is 1. The smallest absolute Gasteiger partial charge is 0.264 e. The van der Waals surface area contributed by atoms with E-state index in [0.29, 0.717) is 23.6 Å². The predicted molar refractivity (Wildman–Crippen MR) is 118 cm³/mol. The second kappa shape index (κ2) is 8.81. The lowest BCUT2D eigenvalue weighted by molar-refractivity contribution is 0.126. The van der Waals surface area contributed by atoms with Crippen LogP contribution in [-0.4, -0.2) is 21.5 Å². The van der Waals surface area contributed by atoms with E-state index in [9.17, 15) is 14.6 Å². The summed E-state index contributed by atoms with van der Waals surface area (Å²) in [5.41, 5.74) is 2.54. The number of anilines is 1. The lowest BCUT2D eigenvalue weighted by Crippen LogP contribution is -2.29. The van der Waals surface area contributed by atoms with Crippen molar-refractivity contribution in [3.8, 4) is 5.75 Å². The highest BCUT2D eigenvalue weighted by atomic mass is 32.1. The van der Waals surface area contributed by atoms with E-state index in [0.717, 1.165) is 11.3 Å². The van der Waals surface area contributed by atoms with Crippen molar-refractivity contribution in [1.29, 1.82) is 0 Å². The molecule has 1 heterocycles. The van der Waals surface area contributed by atoms with Crippen molar-refractivity contribution < 1.29 is 19.3 Å². The molecule has 0 bridgehead atoms. The van der Waals surface area contributed by atoms with Gasteiger partial charge in [0.1, 0.15) is 17.7 Å². The van der Waals surface area contributed by atoms with E-state index < -0.39 is 6.10 Å². The number of aromatic hydroxyl groups is 1.